The number of benzene rings is 1. The van der Waals surface area contributed by atoms with Crippen LogP contribution in [0.2, 0.25) is 5.02 Å². The second-order valence-electron chi connectivity index (χ2n) is 4.37. The van der Waals surface area contributed by atoms with E-state index in [9.17, 15) is 10.5 Å². The predicted octanol–water partition coefficient (Wildman–Crippen LogP) is 2.22. The highest BCUT2D eigenvalue weighted by molar-refractivity contribution is 6.30. The maximum Gasteiger partial charge on any atom is 0.154 e. The number of nitriles is 4. The molecule has 1 aliphatic heterocycles. The number of nitrogens with zero attached hydrogens (tertiary/aromatic N) is 4. The molecule has 1 aliphatic rings. The third-order valence-corrected chi connectivity index (χ3v) is 3.36. The molecule has 3 N–H and O–H groups in total. The number of nitrogens with two attached hydrogens (primary N) is 1. The minimum atomic E-state index is -0.298. The Labute approximate surface area is 137 Å². The van der Waals surface area contributed by atoms with Crippen LogP contribution in [0, 0.1) is 45.3 Å². The number of allylic oxidation sites excluding steroid dienone is 4. The maximum absolute atomic E-state index is 9.49. The largest absolute Gasteiger partial charge is 0.384 e. The summed E-state index contributed by atoms with van der Waals surface area (Å²) < 4.78 is 0. The van der Waals surface area contributed by atoms with Crippen LogP contribution in [-0.4, -0.2) is 0 Å². The van der Waals surface area contributed by atoms with Crippen molar-refractivity contribution in [2.45, 2.75) is 0 Å². The van der Waals surface area contributed by atoms with Crippen LogP contribution in [0.25, 0.3) is 5.57 Å². The van der Waals surface area contributed by atoms with Gasteiger partial charge in [0.1, 0.15) is 35.7 Å². The van der Waals surface area contributed by atoms with Gasteiger partial charge < -0.3 is 11.1 Å². The Balaban J connectivity index is 2.89. The van der Waals surface area contributed by atoms with E-state index in [0.29, 0.717) is 10.6 Å². The molecule has 0 saturated heterocycles. The first-order chi connectivity index (χ1) is 11.1. The highest BCUT2D eigenvalue weighted by Gasteiger charge is 2.27. The molecular weight excluding hydrogens is 312 g/mol. The van der Waals surface area contributed by atoms with Gasteiger partial charge in [0.25, 0.3) is 0 Å². The summed E-state index contributed by atoms with van der Waals surface area (Å²) in [7, 11) is 0. The molecule has 0 aliphatic carbocycles. The fraction of sp³-hybridized carbons (Fsp3) is 0. The van der Waals surface area contributed by atoms with Gasteiger partial charge in [-0.3, -0.25) is 0 Å². The van der Waals surface area contributed by atoms with Crippen molar-refractivity contribution in [1.82, 2.24) is 5.32 Å². The molecule has 1 aromatic rings. The SMILES string of the molecule is N#CC(C#N)=C1NC(N)=C(C#N)C(c2ccc(Cl)cc2)=C1C#N. The van der Waals surface area contributed by atoms with Gasteiger partial charge in [-0.05, 0) is 17.7 Å². The summed E-state index contributed by atoms with van der Waals surface area (Å²) in [5, 5.41) is 40.0. The van der Waals surface area contributed by atoms with Gasteiger partial charge in [0.2, 0.25) is 0 Å². The molecule has 7 heteroatoms. The molecule has 0 unspecified atom stereocenters. The monoisotopic (exact) mass is 318 g/mol. The van der Waals surface area contributed by atoms with Gasteiger partial charge in [-0.25, -0.2) is 0 Å². The molecule has 0 atom stereocenters. The Morgan fingerprint density at radius 3 is 2.00 bits per heavy atom. The highest BCUT2D eigenvalue weighted by atomic mass is 35.5. The van der Waals surface area contributed by atoms with E-state index in [4.69, 9.17) is 27.9 Å². The number of nitrogens with one attached hydrogen (secondary N) is 1. The van der Waals surface area contributed by atoms with Gasteiger partial charge in [0.05, 0.1) is 11.3 Å². The van der Waals surface area contributed by atoms with E-state index in [1.54, 1.807) is 36.4 Å². The first-order valence-corrected chi connectivity index (χ1v) is 6.57. The van der Waals surface area contributed by atoms with Crippen LogP contribution in [-0.2, 0) is 0 Å². The molecule has 1 aromatic carbocycles. The molecule has 0 amide bonds. The van der Waals surface area contributed by atoms with Crippen LogP contribution in [0.1, 0.15) is 5.56 Å². The number of hydrogen-bond donors (Lipinski definition) is 2. The van der Waals surface area contributed by atoms with Gasteiger partial charge in [-0.2, -0.15) is 21.0 Å². The van der Waals surface area contributed by atoms with E-state index in [0.717, 1.165) is 0 Å². The summed E-state index contributed by atoms with van der Waals surface area (Å²) in [5.74, 6) is -0.0329. The first-order valence-electron chi connectivity index (χ1n) is 6.19. The zero-order chi connectivity index (χ0) is 17.0. The number of halogens is 1. The van der Waals surface area contributed by atoms with Gasteiger partial charge in [-0.1, -0.05) is 23.7 Å². The zero-order valence-corrected chi connectivity index (χ0v) is 12.3. The predicted molar refractivity (Wildman–Crippen MR) is 82.2 cm³/mol. The minimum Gasteiger partial charge on any atom is -0.384 e. The average molecular weight is 319 g/mol. The van der Waals surface area contributed by atoms with Crippen LogP contribution in [0.15, 0.2) is 52.5 Å². The normalized spacial score (nSPS) is 13.3. The quantitative estimate of drug-likeness (QED) is 0.762. The van der Waals surface area contributed by atoms with E-state index in [-0.39, 0.29) is 33.8 Å². The van der Waals surface area contributed by atoms with Crippen LogP contribution < -0.4 is 11.1 Å². The van der Waals surface area contributed by atoms with Crippen LogP contribution in [0.3, 0.4) is 0 Å². The molecule has 23 heavy (non-hydrogen) atoms. The van der Waals surface area contributed by atoms with Gasteiger partial charge in [-0.15, -0.1) is 0 Å². The molecule has 2 rings (SSSR count). The summed E-state index contributed by atoms with van der Waals surface area (Å²) in [6.07, 6.45) is 0. The smallest absolute Gasteiger partial charge is 0.154 e. The Bertz CT molecular complexity index is 921. The third kappa shape index (κ3) is 2.71. The molecular formula is C16H7ClN6. The fourth-order valence-electron chi connectivity index (χ4n) is 2.10. The standard InChI is InChI=1S/C16H7ClN6/c17-11-3-1-9(2-4-11)14-12(7-20)15(10(5-18)6-19)23-16(22)13(14)8-21/h1-4,23H,22H2. The van der Waals surface area contributed by atoms with Crippen molar-refractivity contribution < 1.29 is 0 Å². The summed E-state index contributed by atoms with van der Waals surface area (Å²) in [6.45, 7) is 0. The number of hydrogen-bond acceptors (Lipinski definition) is 6. The molecule has 0 saturated carbocycles. The molecule has 0 radical (unpaired) electrons. The van der Waals surface area contributed by atoms with Crippen molar-refractivity contribution in [3.05, 3.63) is 63.1 Å². The van der Waals surface area contributed by atoms with E-state index in [2.05, 4.69) is 5.32 Å². The molecule has 1 heterocycles. The number of rotatable bonds is 1. The summed E-state index contributed by atoms with van der Waals surface area (Å²) in [5.41, 5.74) is 6.34. The van der Waals surface area contributed by atoms with E-state index in [1.807, 2.05) is 12.1 Å². The second kappa shape index (κ2) is 6.37. The molecule has 0 aromatic heterocycles. The lowest BCUT2D eigenvalue weighted by Crippen LogP contribution is -2.28. The molecule has 108 valence electrons. The molecule has 0 fully saturated rings. The van der Waals surface area contributed by atoms with Crippen LogP contribution in [0.5, 0.6) is 0 Å². The topological polar surface area (TPSA) is 133 Å². The first kappa shape index (κ1) is 15.7. The molecule has 0 bridgehead atoms. The van der Waals surface area contributed by atoms with E-state index in [1.165, 1.54) is 0 Å². The van der Waals surface area contributed by atoms with Crippen molar-refractivity contribution in [2.75, 3.05) is 0 Å². The van der Waals surface area contributed by atoms with Crippen LogP contribution in [0.4, 0.5) is 0 Å². The van der Waals surface area contributed by atoms with Gasteiger partial charge >= 0.3 is 0 Å². The van der Waals surface area contributed by atoms with E-state index >= 15 is 0 Å². The number of dihydropyridines is 1. The Morgan fingerprint density at radius 1 is 0.957 bits per heavy atom. The van der Waals surface area contributed by atoms with Gasteiger partial charge in [0.15, 0.2) is 5.57 Å². The van der Waals surface area contributed by atoms with E-state index < -0.39 is 0 Å². The van der Waals surface area contributed by atoms with Crippen molar-refractivity contribution in [2.24, 2.45) is 5.73 Å². The third-order valence-electron chi connectivity index (χ3n) is 3.11. The second-order valence-corrected chi connectivity index (χ2v) is 4.80. The van der Waals surface area contributed by atoms with Gasteiger partial charge in [0, 0.05) is 10.6 Å². The molecule has 0 spiro atoms. The lowest BCUT2D eigenvalue weighted by atomic mass is 9.88. The summed E-state index contributed by atoms with van der Waals surface area (Å²) in [6, 6.07) is 13.7. The van der Waals surface area contributed by atoms with Crippen molar-refractivity contribution in [1.29, 1.82) is 21.0 Å². The Hall–Kier alpha value is -3.71. The van der Waals surface area contributed by atoms with Crippen molar-refractivity contribution >= 4 is 17.2 Å². The minimum absolute atomic E-state index is 0.00354. The van der Waals surface area contributed by atoms with Crippen molar-refractivity contribution in [3.8, 4) is 24.3 Å². The summed E-state index contributed by atoms with van der Waals surface area (Å²) in [4.78, 5) is 0. The molecule has 6 nitrogen and oxygen atoms in total. The Morgan fingerprint density at radius 2 is 1.52 bits per heavy atom. The fourth-order valence-corrected chi connectivity index (χ4v) is 2.23. The highest BCUT2D eigenvalue weighted by Crippen LogP contribution is 2.34. The average Bonchev–Trinajstić information content (AvgIpc) is 2.56. The summed E-state index contributed by atoms with van der Waals surface area (Å²) >= 11 is 5.85. The Kier molecular flexibility index (Phi) is 4.34. The zero-order valence-electron chi connectivity index (χ0n) is 11.6. The van der Waals surface area contributed by atoms with Crippen molar-refractivity contribution in [3.63, 3.8) is 0 Å². The lowest BCUT2D eigenvalue weighted by Gasteiger charge is -2.22. The maximum atomic E-state index is 9.49. The van der Waals surface area contributed by atoms with Crippen LogP contribution >= 0.6 is 11.6 Å². The lowest BCUT2D eigenvalue weighted by molar-refractivity contribution is 0.935.